The highest BCUT2D eigenvalue weighted by Crippen LogP contribution is 2.33. The molecule has 2 aromatic rings. The Morgan fingerprint density at radius 2 is 2.19 bits per heavy atom. The quantitative estimate of drug-likeness (QED) is 0.804. The van der Waals surface area contributed by atoms with Crippen molar-refractivity contribution in [1.82, 2.24) is 4.98 Å². The van der Waals surface area contributed by atoms with E-state index in [9.17, 15) is 5.11 Å². The molecule has 1 saturated heterocycles. The molecule has 0 amide bonds. The molecule has 3 nitrogen and oxygen atoms in total. The van der Waals surface area contributed by atoms with E-state index in [0.29, 0.717) is 13.2 Å². The fourth-order valence-electron chi connectivity index (χ4n) is 2.31. The number of H-pyrrole nitrogens is 1. The molecule has 0 unspecified atom stereocenters. The van der Waals surface area contributed by atoms with E-state index in [1.54, 1.807) is 0 Å². The van der Waals surface area contributed by atoms with Crippen molar-refractivity contribution in [2.75, 3.05) is 19.8 Å². The number of fused-ring (bicyclic) bond motifs is 1. The molecule has 1 aromatic carbocycles. The Kier molecular flexibility index (Phi) is 2.06. The van der Waals surface area contributed by atoms with E-state index in [1.807, 2.05) is 6.92 Å². The van der Waals surface area contributed by atoms with Gasteiger partial charge in [0, 0.05) is 11.2 Å². The Morgan fingerprint density at radius 1 is 1.38 bits per heavy atom. The van der Waals surface area contributed by atoms with Crippen LogP contribution >= 0.6 is 0 Å². The molecule has 1 aromatic heterocycles. The van der Waals surface area contributed by atoms with Crippen LogP contribution in [0.3, 0.4) is 0 Å². The van der Waals surface area contributed by atoms with Gasteiger partial charge < -0.3 is 14.8 Å². The van der Waals surface area contributed by atoms with Crippen molar-refractivity contribution in [2.45, 2.75) is 12.3 Å². The lowest BCUT2D eigenvalue weighted by Crippen LogP contribution is -2.49. The number of nitrogens with one attached hydrogen (secondary N) is 1. The van der Waals surface area contributed by atoms with Gasteiger partial charge in [-0.25, -0.2) is 0 Å². The molecule has 1 aliphatic heterocycles. The first-order valence-electron chi connectivity index (χ1n) is 5.52. The first-order chi connectivity index (χ1) is 7.73. The number of aliphatic hydroxyl groups excluding tert-OH is 1. The molecular weight excluding hydrogens is 202 g/mol. The minimum absolute atomic E-state index is 0.155. The predicted octanol–water partition coefficient (Wildman–Crippen LogP) is 1.74. The van der Waals surface area contributed by atoms with Crippen molar-refractivity contribution in [1.29, 1.82) is 0 Å². The van der Waals surface area contributed by atoms with E-state index in [1.165, 1.54) is 10.9 Å². The zero-order valence-corrected chi connectivity index (χ0v) is 9.29. The first kappa shape index (κ1) is 9.87. The molecule has 0 spiro atoms. The average molecular weight is 217 g/mol. The topological polar surface area (TPSA) is 45.2 Å². The molecule has 1 aliphatic rings. The minimum Gasteiger partial charge on any atom is -0.395 e. The minimum atomic E-state index is -0.167. The number of hydrogen-bond donors (Lipinski definition) is 2. The molecule has 2 N–H and O–H groups in total. The molecule has 0 radical (unpaired) electrons. The number of aryl methyl sites for hydroxylation is 1. The SMILES string of the molecule is Cc1cc2cc(C3(CO)COC3)ccc2[nH]1. The van der Waals surface area contributed by atoms with Gasteiger partial charge in [0.2, 0.25) is 0 Å². The third-order valence-electron chi connectivity index (χ3n) is 3.43. The van der Waals surface area contributed by atoms with Crippen molar-refractivity contribution < 1.29 is 9.84 Å². The second kappa shape index (κ2) is 3.34. The highest BCUT2D eigenvalue weighted by atomic mass is 16.5. The Bertz CT molecular complexity index is 520. The Morgan fingerprint density at radius 3 is 2.81 bits per heavy atom. The van der Waals surface area contributed by atoms with Crippen LogP contribution < -0.4 is 0 Å². The summed E-state index contributed by atoms with van der Waals surface area (Å²) in [5.41, 5.74) is 3.32. The largest absolute Gasteiger partial charge is 0.395 e. The van der Waals surface area contributed by atoms with Gasteiger partial charge >= 0.3 is 0 Å². The second-order valence-electron chi connectivity index (χ2n) is 4.69. The highest BCUT2D eigenvalue weighted by molar-refractivity contribution is 5.81. The summed E-state index contributed by atoms with van der Waals surface area (Å²) in [6.45, 7) is 3.45. The number of hydrogen-bond acceptors (Lipinski definition) is 2. The zero-order valence-electron chi connectivity index (χ0n) is 9.29. The lowest BCUT2D eigenvalue weighted by atomic mass is 9.79. The fraction of sp³-hybridized carbons (Fsp3) is 0.385. The Hall–Kier alpha value is -1.32. The monoisotopic (exact) mass is 217 g/mol. The summed E-state index contributed by atoms with van der Waals surface area (Å²) in [5, 5.41) is 10.7. The van der Waals surface area contributed by atoms with Crippen LogP contribution in [0.25, 0.3) is 10.9 Å². The third-order valence-corrected chi connectivity index (χ3v) is 3.43. The van der Waals surface area contributed by atoms with E-state index >= 15 is 0 Å². The van der Waals surface area contributed by atoms with Crippen LogP contribution in [-0.2, 0) is 10.2 Å². The first-order valence-corrected chi connectivity index (χ1v) is 5.52. The van der Waals surface area contributed by atoms with Gasteiger partial charge in [-0.3, -0.25) is 0 Å². The summed E-state index contributed by atoms with van der Waals surface area (Å²) < 4.78 is 5.23. The van der Waals surface area contributed by atoms with Crippen molar-refractivity contribution in [3.05, 3.63) is 35.5 Å². The van der Waals surface area contributed by atoms with Crippen molar-refractivity contribution in [3.63, 3.8) is 0 Å². The van der Waals surface area contributed by atoms with Gasteiger partial charge in [-0.2, -0.15) is 0 Å². The second-order valence-corrected chi connectivity index (χ2v) is 4.69. The normalized spacial score (nSPS) is 18.6. The maximum Gasteiger partial charge on any atom is 0.0651 e. The maximum absolute atomic E-state index is 9.48. The average Bonchev–Trinajstić information content (AvgIpc) is 2.56. The van der Waals surface area contributed by atoms with Gasteiger partial charge in [-0.05, 0) is 36.1 Å². The smallest absolute Gasteiger partial charge is 0.0651 e. The maximum atomic E-state index is 9.48. The molecule has 0 bridgehead atoms. The van der Waals surface area contributed by atoms with E-state index < -0.39 is 0 Å². The van der Waals surface area contributed by atoms with Gasteiger partial charge in [0.15, 0.2) is 0 Å². The summed E-state index contributed by atoms with van der Waals surface area (Å²) in [7, 11) is 0. The van der Waals surface area contributed by atoms with Gasteiger partial charge in [-0.1, -0.05) is 6.07 Å². The molecule has 0 aliphatic carbocycles. The predicted molar refractivity (Wildman–Crippen MR) is 62.6 cm³/mol. The molecule has 3 rings (SSSR count). The van der Waals surface area contributed by atoms with E-state index in [-0.39, 0.29) is 12.0 Å². The molecule has 16 heavy (non-hydrogen) atoms. The fourth-order valence-corrected chi connectivity index (χ4v) is 2.31. The third kappa shape index (κ3) is 1.29. The summed E-state index contributed by atoms with van der Waals surface area (Å²) >= 11 is 0. The number of rotatable bonds is 2. The van der Waals surface area contributed by atoms with Crippen molar-refractivity contribution >= 4 is 10.9 Å². The number of aromatic amines is 1. The van der Waals surface area contributed by atoms with Gasteiger partial charge in [0.1, 0.15) is 0 Å². The zero-order chi connectivity index (χ0) is 11.2. The summed E-state index contributed by atoms with van der Waals surface area (Å²) in [5.74, 6) is 0. The Labute approximate surface area is 94.0 Å². The molecule has 0 saturated carbocycles. The van der Waals surface area contributed by atoms with Crippen molar-refractivity contribution in [2.24, 2.45) is 0 Å². The number of aromatic nitrogens is 1. The van der Waals surface area contributed by atoms with Gasteiger partial charge in [0.05, 0.1) is 25.2 Å². The van der Waals surface area contributed by atoms with Crippen LogP contribution in [0, 0.1) is 6.92 Å². The number of benzene rings is 1. The van der Waals surface area contributed by atoms with Crippen LogP contribution in [0.4, 0.5) is 0 Å². The molecule has 0 atom stereocenters. The van der Waals surface area contributed by atoms with Crippen LogP contribution in [0.1, 0.15) is 11.3 Å². The molecule has 2 heterocycles. The van der Waals surface area contributed by atoms with Crippen LogP contribution in [0.2, 0.25) is 0 Å². The standard InChI is InChI=1S/C13H15NO2/c1-9-4-10-5-11(2-3-12(10)14-9)13(6-15)7-16-8-13/h2-5,14-15H,6-8H2,1H3. The van der Waals surface area contributed by atoms with Crippen LogP contribution in [0.5, 0.6) is 0 Å². The van der Waals surface area contributed by atoms with E-state index in [4.69, 9.17) is 4.74 Å². The van der Waals surface area contributed by atoms with Crippen molar-refractivity contribution in [3.8, 4) is 0 Å². The summed E-state index contributed by atoms with van der Waals surface area (Å²) in [6.07, 6.45) is 0. The summed E-state index contributed by atoms with van der Waals surface area (Å²) in [6, 6.07) is 8.44. The van der Waals surface area contributed by atoms with Gasteiger partial charge in [-0.15, -0.1) is 0 Å². The summed E-state index contributed by atoms with van der Waals surface area (Å²) in [4.78, 5) is 3.30. The molecule has 1 fully saturated rings. The lowest BCUT2D eigenvalue weighted by Gasteiger charge is -2.40. The molecular formula is C13H15NO2. The highest BCUT2D eigenvalue weighted by Gasteiger charge is 2.39. The van der Waals surface area contributed by atoms with Gasteiger partial charge in [0.25, 0.3) is 0 Å². The lowest BCUT2D eigenvalue weighted by molar-refractivity contribution is -0.0841. The van der Waals surface area contributed by atoms with Crippen LogP contribution in [0.15, 0.2) is 24.3 Å². The molecule has 84 valence electrons. The number of ether oxygens (including phenoxy) is 1. The number of aliphatic hydroxyl groups is 1. The molecule has 3 heteroatoms. The Balaban J connectivity index is 2.10. The van der Waals surface area contributed by atoms with Crippen LogP contribution in [-0.4, -0.2) is 29.9 Å². The van der Waals surface area contributed by atoms with E-state index in [0.717, 1.165) is 11.2 Å². The van der Waals surface area contributed by atoms with E-state index in [2.05, 4.69) is 29.2 Å².